The Morgan fingerprint density at radius 2 is 1.72 bits per heavy atom. The van der Waals surface area contributed by atoms with Crippen LogP contribution in [0.2, 0.25) is 0 Å². The molecule has 0 N–H and O–H groups in total. The van der Waals surface area contributed by atoms with E-state index in [1.54, 1.807) is 12.4 Å². The van der Waals surface area contributed by atoms with Crippen LogP contribution in [0.25, 0.3) is 0 Å². The van der Waals surface area contributed by atoms with Crippen molar-refractivity contribution in [2.75, 3.05) is 29.5 Å². The fourth-order valence-corrected chi connectivity index (χ4v) is 3.38. The molecule has 0 aliphatic carbocycles. The lowest BCUT2D eigenvalue weighted by atomic mass is 10.1. The molecule has 1 aromatic heterocycles. The molecule has 0 bridgehead atoms. The first kappa shape index (κ1) is 17.2. The van der Waals surface area contributed by atoms with Gasteiger partial charge in [0.1, 0.15) is 0 Å². The van der Waals surface area contributed by atoms with E-state index in [0.29, 0.717) is 12.2 Å². The molecule has 1 aliphatic rings. The summed E-state index contributed by atoms with van der Waals surface area (Å²) < 4.78 is 5.04. The second-order valence-corrected chi connectivity index (χ2v) is 6.33. The Bertz CT molecular complexity index is 693. The van der Waals surface area contributed by atoms with Crippen LogP contribution in [0.3, 0.4) is 0 Å². The molecule has 1 fully saturated rings. The van der Waals surface area contributed by atoms with Gasteiger partial charge < -0.3 is 14.5 Å². The average molecular weight is 340 g/mol. The number of carbonyl (C=O) groups is 1. The van der Waals surface area contributed by atoms with Crippen molar-refractivity contribution in [3.63, 3.8) is 0 Å². The smallest absolute Gasteiger partial charge is 0.338 e. The van der Waals surface area contributed by atoms with Gasteiger partial charge in [-0.3, -0.25) is 0 Å². The van der Waals surface area contributed by atoms with Gasteiger partial charge in [0.05, 0.1) is 12.2 Å². The summed E-state index contributed by atoms with van der Waals surface area (Å²) in [5.41, 5.74) is 1.70. The van der Waals surface area contributed by atoms with E-state index in [1.165, 1.54) is 0 Å². The zero-order valence-electron chi connectivity index (χ0n) is 14.9. The van der Waals surface area contributed by atoms with Crippen LogP contribution < -0.4 is 9.80 Å². The largest absolute Gasteiger partial charge is 0.462 e. The van der Waals surface area contributed by atoms with Crippen molar-refractivity contribution in [2.24, 2.45) is 0 Å². The lowest BCUT2D eigenvalue weighted by Crippen LogP contribution is -2.57. The van der Waals surface area contributed by atoms with Crippen molar-refractivity contribution in [2.45, 2.75) is 32.9 Å². The van der Waals surface area contributed by atoms with Gasteiger partial charge in [0.15, 0.2) is 0 Å². The molecule has 2 aromatic rings. The zero-order chi connectivity index (χ0) is 17.8. The van der Waals surface area contributed by atoms with E-state index in [9.17, 15) is 4.79 Å². The van der Waals surface area contributed by atoms with E-state index < -0.39 is 0 Å². The first-order valence-electron chi connectivity index (χ1n) is 8.67. The number of anilines is 2. The Balaban J connectivity index is 1.72. The molecule has 2 heterocycles. The van der Waals surface area contributed by atoms with E-state index in [0.717, 1.165) is 24.7 Å². The lowest BCUT2D eigenvalue weighted by molar-refractivity contribution is 0.0526. The van der Waals surface area contributed by atoms with Crippen molar-refractivity contribution in [3.05, 3.63) is 48.3 Å². The van der Waals surface area contributed by atoms with Crippen molar-refractivity contribution >= 4 is 17.6 Å². The summed E-state index contributed by atoms with van der Waals surface area (Å²) in [6.07, 6.45) is 3.56. The van der Waals surface area contributed by atoms with E-state index in [2.05, 4.69) is 33.6 Å². The van der Waals surface area contributed by atoms with Gasteiger partial charge in [-0.05, 0) is 51.1 Å². The highest BCUT2D eigenvalue weighted by molar-refractivity contribution is 5.89. The molecular weight excluding hydrogens is 316 g/mol. The zero-order valence-corrected chi connectivity index (χ0v) is 14.9. The van der Waals surface area contributed by atoms with Gasteiger partial charge in [0.25, 0.3) is 0 Å². The summed E-state index contributed by atoms with van der Waals surface area (Å²) in [7, 11) is 0. The highest BCUT2D eigenvalue weighted by Crippen LogP contribution is 2.25. The normalized spacial score (nSPS) is 20.4. The molecule has 2 atom stereocenters. The van der Waals surface area contributed by atoms with Crippen molar-refractivity contribution in [1.29, 1.82) is 0 Å². The second-order valence-electron chi connectivity index (χ2n) is 6.33. The number of esters is 1. The minimum Gasteiger partial charge on any atom is -0.462 e. The first-order chi connectivity index (χ1) is 12.1. The van der Waals surface area contributed by atoms with Gasteiger partial charge in [0, 0.05) is 43.3 Å². The summed E-state index contributed by atoms with van der Waals surface area (Å²) in [5.74, 6) is 0.502. The number of piperazine rings is 1. The third-order valence-electron chi connectivity index (χ3n) is 4.45. The molecule has 1 saturated heterocycles. The number of nitrogens with zero attached hydrogens (tertiary/aromatic N) is 4. The van der Waals surface area contributed by atoms with E-state index in [1.807, 2.05) is 37.3 Å². The van der Waals surface area contributed by atoms with Gasteiger partial charge in [0.2, 0.25) is 5.95 Å². The van der Waals surface area contributed by atoms with Crippen LogP contribution in [0.5, 0.6) is 0 Å². The van der Waals surface area contributed by atoms with E-state index in [-0.39, 0.29) is 18.1 Å². The van der Waals surface area contributed by atoms with Gasteiger partial charge >= 0.3 is 5.97 Å². The van der Waals surface area contributed by atoms with Gasteiger partial charge in [-0.25, -0.2) is 14.8 Å². The molecule has 6 nitrogen and oxygen atoms in total. The molecule has 132 valence electrons. The monoisotopic (exact) mass is 340 g/mol. The molecule has 0 amide bonds. The number of benzene rings is 1. The Kier molecular flexibility index (Phi) is 5.16. The molecule has 0 radical (unpaired) electrons. The molecule has 0 saturated carbocycles. The van der Waals surface area contributed by atoms with Crippen LogP contribution in [0, 0.1) is 0 Å². The Morgan fingerprint density at radius 3 is 2.28 bits per heavy atom. The maximum Gasteiger partial charge on any atom is 0.338 e. The molecule has 6 heteroatoms. The number of hydrogen-bond donors (Lipinski definition) is 0. The topological polar surface area (TPSA) is 58.6 Å². The number of carbonyl (C=O) groups excluding carboxylic acids is 1. The summed E-state index contributed by atoms with van der Waals surface area (Å²) in [6, 6.07) is 10.0. The fraction of sp³-hybridized carbons (Fsp3) is 0.421. The highest BCUT2D eigenvalue weighted by Gasteiger charge is 2.31. The fourth-order valence-electron chi connectivity index (χ4n) is 3.38. The minimum absolute atomic E-state index is 0.276. The Hall–Kier alpha value is -2.63. The van der Waals surface area contributed by atoms with Crippen molar-refractivity contribution in [3.8, 4) is 0 Å². The molecular formula is C19H24N4O2. The number of hydrogen-bond acceptors (Lipinski definition) is 6. The molecule has 1 aliphatic heterocycles. The van der Waals surface area contributed by atoms with Gasteiger partial charge in [-0.2, -0.15) is 0 Å². The van der Waals surface area contributed by atoms with Crippen LogP contribution >= 0.6 is 0 Å². The Labute approximate surface area is 148 Å². The standard InChI is InChI=1S/C19H24N4O2/c1-4-25-18(24)16-6-8-17(9-7-16)22-12-14(2)23(15(3)13-22)19-20-10-5-11-21-19/h5-11,14-15H,4,12-13H2,1-3H3/t14-,15+. The summed E-state index contributed by atoms with van der Waals surface area (Å²) in [4.78, 5) is 25.2. The maximum atomic E-state index is 11.8. The predicted molar refractivity (Wildman–Crippen MR) is 98.0 cm³/mol. The van der Waals surface area contributed by atoms with Crippen LogP contribution in [-0.4, -0.2) is 47.7 Å². The van der Waals surface area contributed by atoms with E-state index >= 15 is 0 Å². The number of rotatable bonds is 4. The molecule has 0 spiro atoms. The average Bonchev–Trinajstić information content (AvgIpc) is 2.62. The SMILES string of the molecule is CCOC(=O)c1ccc(N2C[C@@H](C)N(c3ncccn3)[C@@H](C)C2)cc1. The second kappa shape index (κ2) is 7.51. The number of aromatic nitrogens is 2. The van der Waals surface area contributed by atoms with E-state index in [4.69, 9.17) is 4.74 Å². The van der Waals surface area contributed by atoms with Crippen LogP contribution in [0.15, 0.2) is 42.7 Å². The Morgan fingerprint density at radius 1 is 1.12 bits per heavy atom. The summed E-state index contributed by atoms with van der Waals surface area (Å²) in [5, 5.41) is 0. The van der Waals surface area contributed by atoms with Gasteiger partial charge in [-0.15, -0.1) is 0 Å². The van der Waals surface area contributed by atoms with Crippen LogP contribution in [0.4, 0.5) is 11.6 Å². The molecule has 1 aromatic carbocycles. The summed E-state index contributed by atoms with van der Waals surface area (Å²) in [6.45, 7) is 8.32. The minimum atomic E-state index is -0.276. The molecule has 0 unspecified atom stereocenters. The van der Waals surface area contributed by atoms with Crippen LogP contribution in [0.1, 0.15) is 31.1 Å². The highest BCUT2D eigenvalue weighted by atomic mass is 16.5. The predicted octanol–water partition coefficient (Wildman–Crippen LogP) is 2.76. The molecule has 25 heavy (non-hydrogen) atoms. The first-order valence-corrected chi connectivity index (χ1v) is 8.67. The quantitative estimate of drug-likeness (QED) is 0.798. The number of ether oxygens (including phenoxy) is 1. The van der Waals surface area contributed by atoms with Crippen molar-refractivity contribution in [1.82, 2.24) is 9.97 Å². The molecule has 3 rings (SSSR count). The third kappa shape index (κ3) is 3.73. The van der Waals surface area contributed by atoms with Crippen LogP contribution in [-0.2, 0) is 4.74 Å². The maximum absolute atomic E-state index is 11.8. The third-order valence-corrected chi connectivity index (χ3v) is 4.45. The lowest BCUT2D eigenvalue weighted by Gasteiger charge is -2.45. The van der Waals surface area contributed by atoms with Gasteiger partial charge in [-0.1, -0.05) is 0 Å². The summed E-state index contributed by atoms with van der Waals surface area (Å²) >= 11 is 0. The van der Waals surface area contributed by atoms with Crippen molar-refractivity contribution < 1.29 is 9.53 Å².